The van der Waals surface area contributed by atoms with Gasteiger partial charge in [-0.05, 0) is 30.4 Å². The molecule has 0 radical (unpaired) electrons. The molecule has 9 heteroatoms. The SMILES string of the molecule is CC(C)Cn1c(N)c(C(=O)COC(=O)CCCc2c[nH]c3ccccc23)c(=O)n(C)c1=O. The summed E-state index contributed by atoms with van der Waals surface area (Å²) < 4.78 is 7.12. The van der Waals surface area contributed by atoms with E-state index in [9.17, 15) is 19.2 Å². The van der Waals surface area contributed by atoms with Crippen LogP contribution in [0, 0.1) is 5.92 Å². The molecule has 9 nitrogen and oxygen atoms in total. The van der Waals surface area contributed by atoms with Gasteiger partial charge in [0.1, 0.15) is 11.4 Å². The van der Waals surface area contributed by atoms with Crippen molar-refractivity contribution in [2.24, 2.45) is 13.0 Å². The number of aryl methyl sites for hydroxylation is 1. The monoisotopic (exact) mass is 440 g/mol. The summed E-state index contributed by atoms with van der Waals surface area (Å²) in [4.78, 5) is 52.7. The first-order chi connectivity index (χ1) is 15.2. The first-order valence-corrected chi connectivity index (χ1v) is 10.5. The molecule has 0 bridgehead atoms. The number of H-pyrrole nitrogens is 1. The van der Waals surface area contributed by atoms with Gasteiger partial charge in [0.05, 0.1) is 0 Å². The highest BCUT2D eigenvalue weighted by Gasteiger charge is 2.23. The van der Waals surface area contributed by atoms with Crippen LogP contribution in [0.25, 0.3) is 10.9 Å². The number of fused-ring (bicyclic) bond motifs is 1. The number of Topliss-reactive ketones (excluding diaryl/α,β-unsaturated/α-hetero) is 1. The van der Waals surface area contributed by atoms with Gasteiger partial charge in [-0.25, -0.2) is 4.79 Å². The molecule has 0 aliphatic rings. The zero-order chi connectivity index (χ0) is 23.4. The fourth-order valence-electron chi connectivity index (χ4n) is 3.64. The smallest absolute Gasteiger partial charge is 0.332 e. The minimum absolute atomic E-state index is 0.0745. The fourth-order valence-corrected chi connectivity index (χ4v) is 3.64. The minimum Gasteiger partial charge on any atom is -0.457 e. The summed E-state index contributed by atoms with van der Waals surface area (Å²) in [5.74, 6) is -1.40. The second kappa shape index (κ2) is 9.67. The fraction of sp³-hybridized carbons (Fsp3) is 0.391. The number of para-hydroxylation sites is 1. The van der Waals surface area contributed by atoms with Crippen LogP contribution in [0.15, 0.2) is 40.1 Å². The Morgan fingerprint density at radius 3 is 2.62 bits per heavy atom. The highest BCUT2D eigenvalue weighted by molar-refractivity contribution is 6.01. The van der Waals surface area contributed by atoms with Gasteiger partial charge in [-0.3, -0.25) is 23.5 Å². The first kappa shape index (κ1) is 23.1. The molecule has 2 heterocycles. The van der Waals surface area contributed by atoms with E-state index in [4.69, 9.17) is 10.5 Å². The summed E-state index contributed by atoms with van der Waals surface area (Å²) in [5.41, 5.74) is 6.39. The van der Waals surface area contributed by atoms with Gasteiger partial charge < -0.3 is 15.5 Å². The molecular formula is C23H28N4O5. The van der Waals surface area contributed by atoms with Gasteiger partial charge in [-0.2, -0.15) is 0 Å². The van der Waals surface area contributed by atoms with E-state index in [1.807, 2.05) is 44.3 Å². The van der Waals surface area contributed by atoms with Gasteiger partial charge in [0.15, 0.2) is 6.61 Å². The zero-order valence-electron chi connectivity index (χ0n) is 18.5. The number of hydrogen-bond acceptors (Lipinski definition) is 6. The largest absolute Gasteiger partial charge is 0.457 e. The van der Waals surface area contributed by atoms with Gasteiger partial charge in [0.2, 0.25) is 5.78 Å². The second-order valence-electron chi connectivity index (χ2n) is 8.21. The third-order valence-corrected chi connectivity index (χ3v) is 5.28. The van der Waals surface area contributed by atoms with Gasteiger partial charge in [-0.1, -0.05) is 32.0 Å². The number of nitrogen functional groups attached to an aromatic ring is 1. The number of anilines is 1. The van der Waals surface area contributed by atoms with E-state index in [0.29, 0.717) is 12.8 Å². The third kappa shape index (κ3) is 4.82. The van der Waals surface area contributed by atoms with E-state index in [1.165, 1.54) is 11.6 Å². The van der Waals surface area contributed by atoms with Crippen molar-refractivity contribution >= 4 is 28.5 Å². The maximum atomic E-state index is 12.6. The number of benzene rings is 1. The van der Waals surface area contributed by atoms with Crippen LogP contribution in [-0.4, -0.2) is 32.5 Å². The highest BCUT2D eigenvalue weighted by atomic mass is 16.5. The summed E-state index contributed by atoms with van der Waals surface area (Å²) in [6.07, 6.45) is 3.29. The molecule has 0 saturated heterocycles. The normalized spacial score (nSPS) is 11.2. The van der Waals surface area contributed by atoms with Gasteiger partial charge in [0.25, 0.3) is 5.56 Å². The van der Waals surface area contributed by atoms with E-state index in [2.05, 4.69) is 4.98 Å². The molecule has 3 N–H and O–H groups in total. The number of carbonyl (C=O) groups is 2. The lowest BCUT2D eigenvalue weighted by molar-refractivity contribution is -0.142. The quantitative estimate of drug-likeness (QED) is 0.387. The zero-order valence-corrected chi connectivity index (χ0v) is 18.5. The first-order valence-electron chi connectivity index (χ1n) is 10.5. The Hall–Kier alpha value is -3.62. The number of aromatic nitrogens is 3. The van der Waals surface area contributed by atoms with Crippen LogP contribution in [-0.2, 0) is 29.5 Å². The number of nitrogens with two attached hydrogens (primary N) is 1. The summed E-state index contributed by atoms with van der Waals surface area (Å²) in [6.45, 7) is 3.42. The Morgan fingerprint density at radius 2 is 1.91 bits per heavy atom. The van der Waals surface area contributed by atoms with Crippen molar-refractivity contribution in [3.8, 4) is 0 Å². The molecule has 0 saturated carbocycles. The summed E-state index contributed by atoms with van der Waals surface area (Å²) in [5, 5.41) is 1.11. The molecule has 0 unspecified atom stereocenters. The molecule has 3 aromatic rings. The van der Waals surface area contributed by atoms with Crippen LogP contribution in [0.5, 0.6) is 0 Å². The molecular weight excluding hydrogens is 412 g/mol. The number of esters is 1. The van der Waals surface area contributed by atoms with Crippen LogP contribution in [0.2, 0.25) is 0 Å². The molecule has 170 valence electrons. The van der Waals surface area contributed by atoms with Gasteiger partial charge in [0, 0.05) is 37.1 Å². The Labute approximate surface area is 184 Å². The van der Waals surface area contributed by atoms with E-state index in [-0.39, 0.29) is 30.3 Å². The molecule has 0 aliphatic heterocycles. The van der Waals surface area contributed by atoms with E-state index < -0.39 is 29.6 Å². The number of nitrogens with zero attached hydrogens (tertiary/aromatic N) is 2. The van der Waals surface area contributed by atoms with Gasteiger partial charge in [-0.15, -0.1) is 0 Å². The van der Waals surface area contributed by atoms with Crippen LogP contribution < -0.4 is 17.0 Å². The second-order valence-corrected chi connectivity index (χ2v) is 8.21. The standard InChI is InChI=1S/C23H28N4O5/c1-14(2)12-27-21(24)20(22(30)26(3)23(27)31)18(28)13-32-19(29)10-6-7-15-11-25-17-9-5-4-8-16(15)17/h4-5,8-9,11,14,25H,6-7,10,12-13,24H2,1-3H3. The van der Waals surface area contributed by atoms with Gasteiger partial charge >= 0.3 is 11.7 Å². The van der Waals surface area contributed by atoms with Crippen molar-refractivity contribution in [3.63, 3.8) is 0 Å². The highest BCUT2D eigenvalue weighted by Crippen LogP contribution is 2.19. The van der Waals surface area contributed by atoms with Crippen molar-refractivity contribution in [1.82, 2.24) is 14.1 Å². The maximum Gasteiger partial charge on any atom is 0.332 e. The summed E-state index contributed by atoms with van der Waals surface area (Å²) in [7, 11) is 1.29. The van der Waals surface area contributed by atoms with Crippen molar-refractivity contribution in [2.45, 2.75) is 39.7 Å². The van der Waals surface area contributed by atoms with Crippen LogP contribution in [0.3, 0.4) is 0 Å². The molecule has 0 atom stereocenters. The summed E-state index contributed by atoms with van der Waals surface area (Å²) >= 11 is 0. The molecule has 0 fully saturated rings. The number of aromatic amines is 1. The minimum atomic E-state index is -0.798. The number of ether oxygens (including phenoxy) is 1. The van der Waals surface area contributed by atoms with E-state index in [1.54, 1.807) is 0 Å². The molecule has 0 spiro atoms. The molecule has 0 amide bonds. The number of hydrogen-bond donors (Lipinski definition) is 2. The Morgan fingerprint density at radius 1 is 1.19 bits per heavy atom. The lowest BCUT2D eigenvalue weighted by Crippen LogP contribution is -2.43. The van der Waals surface area contributed by atoms with Crippen LogP contribution >= 0.6 is 0 Å². The Bertz CT molecular complexity index is 1270. The number of carbonyl (C=O) groups excluding carboxylic acids is 2. The number of rotatable bonds is 9. The molecule has 3 rings (SSSR count). The predicted molar refractivity (Wildman–Crippen MR) is 122 cm³/mol. The maximum absolute atomic E-state index is 12.6. The van der Waals surface area contributed by atoms with Crippen LogP contribution in [0.4, 0.5) is 5.82 Å². The third-order valence-electron chi connectivity index (χ3n) is 5.28. The lowest BCUT2D eigenvalue weighted by Gasteiger charge is -2.16. The Balaban J connectivity index is 1.61. The number of ketones is 1. The molecule has 32 heavy (non-hydrogen) atoms. The number of nitrogens with one attached hydrogen (secondary N) is 1. The van der Waals surface area contributed by atoms with E-state index >= 15 is 0 Å². The topological polar surface area (TPSA) is 129 Å². The van der Waals surface area contributed by atoms with E-state index in [0.717, 1.165) is 21.0 Å². The lowest BCUT2D eigenvalue weighted by atomic mass is 10.1. The average Bonchev–Trinajstić information content (AvgIpc) is 3.17. The van der Waals surface area contributed by atoms with Crippen molar-refractivity contribution in [2.75, 3.05) is 12.3 Å². The van der Waals surface area contributed by atoms with Crippen molar-refractivity contribution in [1.29, 1.82) is 0 Å². The van der Waals surface area contributed by atoms with Crippen molar-refractivity contribution < 1.29 is 14.3 Å². The molecule has 1 aromatic carbocycles. The molecule has 2 aromatic heterocycles. The molecule has 0 aliphatic carbocycles. The predicted octanol–water partition coefficient (Wildman–Crippen LogP) is 2.02. The van der Waals surface area contributed by atoms with Crippen LogP contribution in [0.1, 0.15) is 42.6 Å². The van der Waals surface area contributed by atoms with Crippen molar-refractivity contribution in [3.05, 3.63) is 62.4 Å². The Kier molecular flexibility index (Phi) is 6.97. The average molecular weight is 441 g/mol. The summed E-state index contributed by atoms with van der Waals surface area (Å²) in [6, 6.07) is 7.91.